The zero-order valence-electron chi connectivity index (χ0n) is 11.1. The van der Waals surface area contributed by atoms with Crippen molar-refractivity contribution in [3.8, 4) is 0 Å². The van der Waals surface area contributed by atoms with Gasteiger partial charge in [0.25, 0.3) is 0 Å². The van der Waals surface area contributed by atoms with Gasteiger partial charge in [-0.05, 0) is 29.7 Å². The smallest absolute Gasteiger partial charge is 0.144 e. The maximum Gasteiger partial charge on any atom is 0.144 e. The van der Waals surface area contributed by atoms with Crippen molar-refractivity contribution in [3.63, 3.8) is 0 Å². The number of nitrogens with one attached hydrogen (secondary N) is 1. The van der Waals surface area contributed by atoms with Crippen LogP contribution in [0.2, 0.25) is 0 Å². The molecule has 2 aromatic carbocycles. The molecular weight excluding hydrogens is 253 g/mol. The van der Waals surface area contributed by atoms with Crippen LogP contribution in [-0.2, 0) is 11.2 Å². The fourth-order valence-corrected chi connectivity index (χ4v) is 2.76. The molecule has 0 saturated heterocycles. The average Bonchev–Trinajstić information content (AvgIpc) is 2.49. The lowest BCUT2D eigenvalue weighted by Gasteiger charge is -2.25. The van der Waals surface area contributed by atoms with E-state index in [0.717, 1.165) is 24.2 Å². The first-order valence-corrected chi connectivity index (χ1v) is 6.84. The molecule has 3 rings (SSSR count). The average molecular weight is 269 g/mol. The maximum atomic E-state index is 13.6. The van der Waals surface area contributed by atoms with Crippen LogP contribution in [0.1, 0.15) is 23.5 Å². The highest BCUT2D eigenvalue weighted by Gasteiger charge is 2.26. The predicted octanol–water partition coefficient (Wildman–Crippen LogP) is 3.54. The molecule has 1 heterocycles. The van der Waals surface area contributed by atoms with Gasteiger partial charge in [-0.3, -0.25) is 4.79 Å². The largest absolute Gasteiger partial charge is 0.385 e. The van der Waals surface area contributed by atoms with Crippen LogP contribution in [0.3, 0.4) is 0 Å². The van der Waals surface area contributed by atoms with Crippen molar-refractivity contribution in [3.05, 3.63) is 65.5 Å². The zero-order valence-corrected chi connectivity index (χ0v) is 11.1. The van der Waals surface area contributed by atoms with Gasteiger partial charge in [0.1, 0.15) is 11.6 Å². The number of halogens is 1. The number of anilines is 1. The number of carbonyl (C=O) groups excluding carboxylic acids is 1. The van der Waals surface area contributed by atoms with Crippen LogP contribution in [0.25, 0.3) is 0 Å². The highest BCUT2D eigenvalue weighted by atomic mass is 19.1. The van der Waals surface area contributed by atoms with Crippen LogP contribution >= 0.6 is 0 Å². The number of ketones is 1. The molecule has 0 radical (unpaired) electrons. The molecule has 0 aliphatic carbocycles. The maximum absolute atomic E-state index is 13.6. The van der Waals surface area contributed by atoms with Crippen molar-refractivity contribution in [2.45, 2.75) is 18.8 Å². The fraction of sp³-hybridized carbons (Fsp3) is 0.235. The lowest BCUT2D eigenvalue weighted by molar-refractivity contribution is -0.120. The Bertz CT molecular complexity index is 638. The molecule has 0 amide bonds. The van der Waals surface area contributed by atoms with Crippen LogP contribution < -0.4 is 5.32 Å². The molecular formula is C17H16FNO. The van der Waals surface area contributed by atoms with Crippen molar-refractivity contribution in [1.82, 2.24) is 0 Å². The molecule has 1 atom stereocenters. The van der Waals surface area contributed by atoms with Gasteiger partial charge in [0.05, 0.1) is 0 Å². The summed E-state index contributed by atoms with van der Waals surface area (Å²) in [5.41, 5.74) is 2.53. The molecule has 1 aliphatic heterocycles. The Hall–Kier alpha value is -2.16. The van der Waals surface area contributed by atoms with Gasteiger partial charge in [0.2, 0.25) is 0 Å². The van der Waals surface area contributed by atoms with E-state index in [9.17, 15) is 9.18 Å². The zero-order chi connectivity index (χ0) is 13.9. The molecule has 3 heteroatoms. The summed E-state index contributed by atoms with van der Waals surface area (Å²) >= 11 is 0. The quantitative estimate of drug-likeness (QED) is 0.923. The predicted molar refractivity (Wildman–Crippen MR) is 77.4 cm³/mol. The van der Waals surface area contributed by atoms with Gasteiger partial charge in [0, 0.05) is 24.6 Å². The molecule has 0 bridgehead atoms. The Balaban J connectivity index is 1.84. The third kappa shape index (κ3) is 2.44. The number of hydrogen-bond donors (Lipinski definition) is 1. The SMILES string of the molecule is O=C(Cc1ccccc1F)C1CCNc2ccccc21. The monoisotopic (exact) mass is 269 g/mol. The Morgan fingerprint density at radius 2 is 1.90 bits per heavy atom. The van der Waals surface area contributed by atoms with Crippen LogP contribution in [0, 0.1) is 5.82 Å². The van der Waals surface area contributed by atoms with Gasteiger partial charge < -0.3 is 5.32 Å². The number of benzene rings is 2. The molecule has 102 valence electrons. The van der Waals surface area contributed by atoms with Crippen LogP contribution in [0.15, 0.2) is 48.5 Å². The first kappa shape index (κ1) is 12.9. The molecule has 0 saturated carbocycles. The lowest BCUT2D eigenvalue weighted by Crippen LogP contribution is -2.24. The summed E-state index contributed by atoms with van der Waals surface area (Å²) in [4.78, 5) is 12.5. The van der Waals surface area contributed by atoms with Crippen LogP contribution in [-0.4, -0.2) is 12.3 Å². The molecule has 2 nitrogen and oxygen atoms in total. The van der Waals surface area contributed by atoms with E-state index in [1.54, 1.807) is 18.2 Å². The second-order valence-corrected chi connectivity index (χ2v) is 5.09. The summed E-state index contributed by atoms with van der Waals surface area (Å²) in [7, 11) is 0. The molecule has 1 unspecified atom stereocenters. The van der Waals surface area contributed by atoms with E-state index in [-0.39, 0.29) is 23.9 Å². The third-order valence-corrected chi connectivity index (χ3v) is 3.80. The van der Waals surface area contributed by atoms with Crippen molar-refractivity contribution in [2.24, 2.45) is 0 Å². The number of carbonyl (C=O) groups is 1. The van der Waals surface area contributed by atoms with Crippen molar-refractivity contribution < 1.29 is 9.18 Å². The first-order valence-electron chi connectivity index (χ1n) is 6.84. The van der Waals surface area contributed by atoms with E-state index >= 15 is 0 Å². The number of para-hydroxylation sites is 1. The van der Waals surface area contributed by atoms with Gasteiger partial charge in [-0.1, -0.05) is 36.4 Å². The minimum atomic E-state index is -0.303. The molecule has 0 fully saturated rings. The summed E-state index contributed by atoms with van der Waals surface area (Å²) in [5.74, 6) is -0.348. The van der Waals surface area contributed by atoms with Gasteiger partial charge in [0.15, 0.2) is 0 Å². The number of hydrogen-bond acceptors (Lipinski definition) is 2. The Morgan fingerprint density at radius 1 is 1.15 bits per heavy atom. The number of rotatable bonds is 3. The highest BCUT2D eigenvalue weighted by Crippen LogP contribution is 2.32. The van der Waals surface area contributed by atoms with Crippen LogP contribution in [0.4, 0.5) is 10.1 Å². The molecule has 1 N–H and O–H groups in total. The summed E-state index contributed by atoms with van der Waals surface area (Å²) in [5, 5.41) is 3.30. The highest BCUT2D eigenvalue weighted by molar-refractivity contribution is 5.89. The Morgan fingerprint density at radius 3 is 2.75 bits per heavy atom. The lowest BCUT2D eigenvalue weighted by atomic mass is 9.85. The number of fused-ring (bicyclic) bond motifs is 1. The molecule has 2 aromatic rings. The number of Topliss-reactive ketones (excluding diaryl/α,β-unsaturated/α-hetero) is 1. The molecule has 20 heavy (non-hydrogen) atoms. The minimum absolute atomic E-state index is 0.0871. The van der Waals surface area contributed by atoms with E-state index in [2.05, 4.69) is 5.32 Å². The minimum Gasteiger partial charge on any atom is -0.385 e. The van der Waals surface area contributed by atoms with E-state index < -0.39 is 0 Å². The Kier molecular flexibility index (Phi) is 3.50. The summed E-state index contributed by atoms with van der Waals surface area (Å²) in [6.45, 7) is 0.782. The fourth-order valence-electron chi connectivity index (χ4n) is 2.76. The first-order chi connectivity index (χ1) is 9.75. The van der Waals surface area contributed by atoms with Gasteiger partial charge in [-0.25, -0.2) is 4.39 Å². The third-order valence-electron chi connectivity index (χ3n) is 3.80. The second-order valence-electron chi connectivity index (χ2n) is 5.09. The van der Waals surface area contributed by atoms with Crippen LogP contribution in [0.5, 0.6) is 0 Å². The summed E-state index contributed by atoms with van der Waals surface area (Å²) < 4.78 is 13.6. The van der Waals surface area contributed by atoms with Crippen molar-refractivity contribution in [1.29, 1.82) is 0 Å². The van der Waals surface area contributed by atoms with E-state index in [1.807, 2.05) is 24.3 Å². The standard InChI is InChI=1S/C17H16FNO/c18-15-7-3-1-5-12(15)11-17(20)14-9-10-19-16-8-4-2-6-13(14)16/h1-8,14,19H,9-11H2. The summed E-state index contributed by atoms with van der Waals surface area (Å²) in [6, 6.07) is 14.3. The molecule has 0 aromatic heterocycles. The van der Waals surface area contributed by atoms with Crippen molar-refractivity contribution in [2.75, 3.05) is 11.9 Å². The Labute approximate surface area is 117 Å². The summed E-state index contributed by atoms with van der Waals surface area (Å²) in [6.07, 6.45) is 0.927. The van der Waals surface area contributed by atoms with Gasteiger partial charge in [-0.2, -0.15) is 0 Å². The molecule has 1 aliphatic rings. The van der Waals surface area contributed by atoms with E-state index in [0.29, 0.717) is 5.56 Å². The van der Waals surface area contributed by atoms with Gasteiger partial charge >= 0.3 is 0 Å². The van der Waals surface area contributed by atoms with E-state index in [1.165, 1.54) is 6.07 Å². The van der Waals surface area contributed by atoms with Gasteiger partial charge in [-0.15, -0.1) is 0 Å². The van der Waals surface area contributed by atoms with Crippen molar-refractivity contribution >= 4 is 11.5 Å². The normalized spacial score (nSPS) is 17.1. The topological polar surface area (TPSA) is 29.1 Å². The molecule has 0 spiro atoms. The van der Waals surface area contributed by atoms with E-state index in [4.69, 9.17) is 0 Å². The second kappa shape index (κ2) is 5.45.